The van der Waals surface area contributed by atoms with Crippen LogP contribution >= 0.6 is 15.9 Å². The number of ether oxygens (including phenoxy) is 2. The van der Waals surface area contributed by atoms with Crippen molar-refractivity contribution in [2.75, 3.05) is 13.7 Å². The van der Waals surface area contributed by atoms with Gasteiger partial charge in [0.05, 0.1) is 24.3 Å². The summed E-state index contributed by atoms with van der Waals surface area (Å²) in [5.74, 6) is -0.480. The molecule has 0 saturated carbocycles. The molecule has 27 heavy (non-hydrogen) atoms. The topological polar surface area (TPSA) is 93.4 Å². The van der Waals surface area contributed by atoms with Crippen LogP contribution in [0.15, 0.2) is 16.6 Å². The predicted molar refractivity (Wildman–Crippen MR) is 105 cm³/mol. The van der Waals surface area contributed by atoms with Crippen LogP contribution < -0.4 is 5.32 Å². The summed E-state index contributed by atoms with van der Waals surface area (Å²) < 4.78 is 12.6. The lowest BCUT2D eigenvalue weighted by molar-refractivity contribution is 0.0526. The van der Waals surface area contributed by atoms with E-state index >= 15 is 0 Å². The number of aryl methyl sites for hydroxylation is 1. The predicted octanol–water partition coefficient (Wildman–Crippen LogP) is 3.90. The molecule has 1 aromatic heterocycles. The van der Waals surface area contributed by atoms with Crippen LogP contribution in [0.2, 0.25) is 0 Å². The van der Waals surface area contributed by atoms with Gasteiger partial charge in [0.25, 0.3) is 0 Å². The zero-order valence-corrected chi connectivity index (χ0v) is 17.6. The Labute approximate surface area is 166 Å². The lowest BCUT2D eigenvalue weighted by Crippen LogP contribution is -2.34. The molecule has 0 atom stereocenters. The molecule has 7 nitrogen and oxygen atoms in total. The number of aromatic nitrogens is 1. The van der Waals surface area contributed by atoms with Crippen LogP contribution in [-0.4, -0.2) is 35.9 Å². The Hall–Kier alpha value is -2.53. The number of halogens is 1. The highest BCUT2D eigenvalue weighted by atomic mass is 79.9. The molecule has 1 aromatic carbocycles. The number of rotatable bonds is 4. The van der Waals surface area contributed by atoms with Crippen LogP contribution in [0.4, 0.5) is 4.79 Å². The summed E-state index contributed by atoms with van der Waals surface area (Å²) in [6, 6.07) is 5.54. The monoisotopic (exact) mass is 435 g/mol. The zero-order chi connectivity index (χ0) is 20.4. The number of nitrogens with one attached hydrogen (secondary N) is 1. The Morgan fingerprint density at radius 1 is 1.33 bits per heavy atom. The van der Waals surface area contributed by atoms with Crippen molar-refractivity contribution in [3.8, 4) is 6.07 Å². The van der Waals surface area contributed by atoms with Gasteiger partial charge in [0, 0.05) is 22.9 Å². The van der Waals surface area contributed by atoms with Crippen molar-refractivity contribution in [3.63, 3.8) is 0 Å². The first-order chi connectivity index (χ1) is 12.6. The summed E-state index contributed by atoms with van der Waals surface area (Å²) in [6.07, 6.45) is -0.527. The molecule has 2 aromatic rings. The number of benzene rings is 1. The summed E-state index contributed by atoms with van der Waals surface area (Å²) in [7, 11) is 1.32. The van der Waals surface area contributed by atoms with Gasteiger partial charge in [-0.15, -0.1) is 0 Å². The first kappa shape index (κ1) is 20.8. The number of amides is 1. The number of nitrogens with zero attached hydrogens (tertiary/aromatic N) is 2. The fraction of sp³-hybridized carbons (Fsp3) is 0.421. The molecule has 0 bridgehead atoms. The Morgan fingerprint density at radius 3 is 2.56 bits per heavy atom. The van der Waals surface area contributed by atoms with Gasteiger partial charge in [0.1, 0.15) is 11.3 Å². The molecule has 0 aliphatic rings. The quantitative estimate of drug-likeness (QED) is 0.734. The zero-order valence-electron chi connectivity index (χ0n) is 16.0. The number of esters is 1. The number of hydrogen-bond acceptors (Lipinski definition) is 5. The van der Waals surface area contributed by atoms with E-state index in [0.717, 1.165) is 10.9 Å². The van der Waals surface area contributed by atoms with Gasteiger partial charge in [-0.05, 0) is 61.3 Å². The van der Waals surface area contributed by atoms with Crippen LogP contribution in [-0.2, 0) is 16.0 Å². The third-order valence-electron chi connectivity index (χ3n) is 3.87. The number of fused-ring (bicyclic) bond motifs is 1. The second kappa shape index (κ2) is 8.01. The second-order valence-corrected chi connectivity index (χ2v) is 7.87. The Morgan fingerprint density at radius 2 is 2.00 bits per heavy atom. The van der Waals surface area contributed by atoms with Crippen molar-refractivity contribution < 1.29 is 19.1 Å². The maximum atomic E-state index is 12.3. The first-order valence-electron chi connectivity index (χ1n) is 8.36. The van der Waals surface area contributed by atoms with E-state index in [1.807, 2.05) is 0 Å². The second-order valence-electron chi connectivity index (χ2n) is 7.01. The Bertz CT molecular complexity index is 935. The third-order valence-corrected chi connectivity index (χ3v) is 4.48. The van der Waals surface area contributed by atoms with Gasteiger partial charge in [-0.25, -0.2) is 9.59 Å². The van der Waals surface area contributed by atoms with Gasteiger partial charge in [0.15, 0.2) is 0 Å². The molecule has 1 heterocycles. The molecular weight excluding hydrogens is 414 g/mol. The van der Waals surface area contributed by atoms with Crippen LogP contribution in [0.1, 0.15) is 42.4 Å². The van der Waals surface area contributed by atoms with Crippen molar-refractivity contribution >= 4 is 38.9 Å². The lowest BCUT2D eigenvalue weighted by Gasteiger charge is -2.20. The standard InChI is InChI=1S/C19H22BrN3O4/c1-11-13-8-12(10-21)9-14(20)16(13)23(15(11)17(24)26-5)7-6-22-18(25)27-19(2,3)4/h8-9H,6-7H2,1-5H3,(H,22,25). The van der Waals surface area contributed by atoms with Gasteiger partial charge in [0.2, 0.25) is 0 Å². The molecule has 0 fully saturated rings. The SMILES string of the molecule is COC(=O)c1c(C)c2cc(C#N)cc(Br)c2n1CCNC(=O)OC(C)(C)C. The number of hydrogen-bond donors (Lipinski definition) is 1. The number of nitriles is 1. The third kappa shape index (κ3) is 4.61. The van der Waals surface area contributed by atoms with E-state index in [2.05, 4.69) is 27.3 Å². The minimum atomic E-state index is -0.589. The fourth-order valence-electron chi connectivity index (χ4n) is 2.83. The van der Waals surface area contributed by atoms with Gasteiger partial charge in [-0.1, -0.05) is 0 Å². The summed E-state index contributed by atoms with van der Waals surface area (Å²) in [5.41, 5.74) is 1.76. The van der Waals surface area contributed by atoms with E-state index in [1.165, 1.54) is 7.11 Å². The molecule has 0 aliphatic carbocycles. The molecule has 0 saturated heterocycles. The summed E-state index contributed by atoms with van der Waals surface area (Å²) in [5, 5.41) is 12.7. The van der Waals surface area contributed by atoms with E-state index < -0.39 is 17.7 Å². The number of carbonyl (C=O) groups is 2. The van der Waals surface area contributed by atoms with Gasteiger partial charge in [-0.2, -0.15) is 5.26 Å². The minimum Gasteiger partial charge on any atom is -0.464 e. The Balaban J connectivity index is 2.41. The van der Waals surface area contributed by atoms with Gasteiger partial charge >= 0.3 is 12.1 Å². The smallest absolute Gasteiger partial charge is 0.407 e. The number of methoxy groups -OCH3 is 1. The fourth-order valence-corrected chi connectivity index (χ4v) is 3.51. The van der Waals surface area contributed by atoms with Crippen LogP contribution in [0, 0.1) is 18.3 Å². The highest BCUT2D eigenvalue weighted by Crippen LogP contribution is 2.33. The molecular formula is C19H22BrN3O4. The van der Waals surface area contributed by atoms with Crippen LogP contribution in [0.5, 0.6) is 0 Å². The molecule has 0 radical (unpaired) electrons. The maximum absolute atomic E-state index is 12.3. The van der Waals surface area contributed by atoms with Crippen molar-refractivity contribution in [1.82, 2.24) is 9.88 Å². The average molecular weight is 436 g/mol. The molecule has 1 amide bonds. The highest BCUT2D eigenvalue weighted by molar-refractivity contribution is 9.10. The molecule has 8 heteroatoms. The maximum Gasteiger partial charge on any atom is 0.407 e. The highest BCUT2D eigenvalue weighted by Gasteiger charge is 2.23. The van der Waals surface area contributed by atoms with Crippen molar-refractivity contribution in [3.05, 3.63) is 33.4 Å². The molecule has 0 spiro atoms. The van der Waals surface area contributed by atoms with E-state index in [0.29, 0.717) is 27.8 Å². The molecule has 0 aliphatic heterocycles. The molecule has 144 valence electrons. The van der Waals surface area contributed by atoms with Crippen molar-refractivity contribution in [2.45, 2.75) is 39.8 Å². The summed E-state index contributed by atoms with van der Waals surface area (Å²) in [4.78, 5) is 24.2. The van der Waals surface area contributed by atoms with Crippen molar-refractivity contribution in [1.29, 1.82) is 5.26 Å². The van der Waals surface area contributed by atoms with E-state index in [9.17, 15) is 14.9 Å². The largest absolute Gasteiger partial charge is 0.464 e. The number of carbonyl (C=O) groups excluding carboxylic acids is 2. The minimum absolute atomic E-state index is 0.259. The average Bonchev–Trinajstić information content (AvgIpc) is 2.85. The van der Waals surface area contributed by atoms with Crippen LogP contribution in [0.3, 0.4) is 0 Å². The molecule has 2 rings (SSSR count). The number of alkyl carbamates (subject to hydrolysis) is 1. The summed E-state index contributed by atoms with van der Waals surface area (Å²) in [6.45, 7) is 7.75. The van der Waals surface area contributed by atoms with Gasteiger partial charge in [-0.3, -0.25) is 0 Å². The normalized spacial score (nSPS) is 11.1. The van der Waals surface area contributed by atoms with Crippen molar-refractivity contribution in [2.24, 2.45) is 0 Å². The first-order valence-corrected chi connectivity index (χ1v) is 9.16. The molecule has 1 N–H and O–H groups in total. The van der Waals surface area contributed by atoms with Crippen LogP contribution in [0.25, 0.3) is 10.9 Å². The molecule has 0 unspecified atom stereocenters. The lowest BCUT2D eigenvalue weighted by atomic mass is 10.1. The van der Waals surface area contributed by atoms with Gasteiger partial charge < -0.3 is 19.4 Å². The van der Waals surface area contributed by atoms with E-state index in [4.69, 9.17) is 9.47 Å². The summed E-state index contributed by atoms with van der Waals surface area (Å²) >= 11 is 3.48. The van der Waals surface area contributed by atoms with E-state index in [1.54, 1.807) is 44.4 Å². The Kier molecular flexibility index (Phi) is 6.16. The van der Waals surface area contributed by atoms with E-state index in [-0.39, 0.29) is 6.54 Å².